The van der Waals surface area contributed by atoms with Gasteiger partial charge in [-0.3, -0.25) is 4.79 Å². The molecular weight excluding hydrogens is 384 g/mol. The fourth-order valence-corrected chi connectivity index (χ4v) is 5.07. The van der Waals surface area contributed by atoms with Gasteiger partial charge in [-0.05, 0) is 24.7 Å². The number of amides is 1. The summed E-state index contributed by atoms with van der Waals surface area (Å²) in [6.07, 6.45) is -0.0158. The van der Waals surface area contributed by atoms with Crippen LogP contribution < -0.4 is 19.1 Å². The zero-order valence-electron chi connectivity index (χ0n) is 16.9. The molecule has 0 radical (unpaired) electrons. The number of ether oxygens (including phenoxy) is 4. The van der Waals surface area contributed by atoms with Crippen LogP contribution in [0.1, 0.15) is 11.1 Å². The Labute approximate surface area is 175 Å². The van der Waals surface area contributed by atoms with Gasteiger partial charge in [0.1, 0.15) is 31.0 Å². The van der Waals surface area contributed by atoms with Gasteiger partial charge in [0.15, 0.2) is 11.5 Å². The minimum atomic E-state index is -0.859. The van der Waals surface area contributed by atoms with Crippen molar-refractivity contribution in [3.63, 3.8) is 0 Å². The van der Waals surface area contributed by atoms with E-state index in [0.29, 0.717) is 43.6 Å². The predicted octanol–water partition coefficient (Wildman–Crippen LogP) is 1.81. The molecule has 7 heteroatoms. The number of rotatable bonds is 2. The first-order valence-electron chi connectivity index (χ1n) is 10.5. The Hall–Kier alpha value is -2.77. The molecule has 0 aromatic heterocycles. The second-order valence-corrected chi connectivity index (χ2v) is 8.37. The van der Waals surface area contributed by atoms with E-state index >= 15 is 0 Å². The Morgan fingerprint density at radius 1 is 1.00 bits per heavy atom. The number of carbonyl (C=O) groups excluding carboxylic acids is 1. The molecule has 4 aliphatic heterocycles. The molecule has 1 amide bonds. The summed E-state index contributed by atoms with van der Waals surface area (Å²) in [5.41, 5.74) is 1.91. The number of fused-ring (bicyclic) bond motifs is 5. The number of para-hydroxylation sites is 1. The van der Waals surface area contributed by atoms with Crippen LogP contribution in [0.25, 0.3) is 0 Å². The number of hydrogen-bond donors (Lipinski definition) is 0. The first-order chi connectivity index (χ1) is 14.7. The third kappa shape index (κ3) is 2.48. The lowest BCUT2D eigenvalue weighted by Crippen LogP contribution is -2.49. The molecule has 156 valence electrons. The number of morpholine rings is 1. The van der Waals surface area contributed by atoms with E-state index in [-0.39, 0.29) is 18.6 Å². The maximum Gasteiger partial charge on any atom is 0.245 e. The molecule has 6 rings (SSSR count). The van der Waals surface area contributed by atoms with Crippen LogP contribution in [0.4, 0.5) is 5.69 Å². The van der Waals surface area contributed by atoms with Crippen LogP contribution in [0.3, 0.4) is 0 Å². The summed E-state index contributed by atoms with van der Waals surface area (Å²) >= 11 is 0. The van der Waals surface area contributed by atoms with Gasteiger partial charge in [-0.25, -0.2) is 0 Å². The molecule has 1 fully saturated rings. The van der Waals surface area contributed by atoms with E-state index in [1.165, 1.54) is 0 Å². The summed E-state index contributed by atoms with van der Waals surface area (Å²) in [6, 6.07) is 11.8. The molecule has 2 atom stereocenters. The summed E-state index contributed by atoms with van der Waals surface area (Å²) in [5.74, 6) is 2.07. The van der Waals surface area contributed by atoms with E-state index in [2.05, 4.69) is 11.9 Å². The van der Waals surface area contributed by atoms with Gasteiger partial charge in [-0.15, -0.1) is 0 Å². The Kier molecular flexibility index (Phi) is 3.98. The van der Waals surface area contributed by atoms with Crippen molar-refractivity contribution in [2.45, 2.75) is 11.5 Å². The SMILES string of the molecule is CN1CCO[C@H](CN2C(=O)[C@@]3(COc4cc5c(cc43)OCCO5)c3ccccc32)C1. The van der Waals surface area contributed by atoms with Crippen molar-refractivity contribution in [2.24, 2.45) is 0 Å². The highest BCUT2D eigenvalue weighted by Gasteiger charge is 2.57. The minimum Gasteiger partial charge on any atom is -0.491 e. The Morgan fingerprint density at radius 3 is 2.63 bits per heavy atom. The van der Waals surface area contributed by atoms with Gasteiger partial charge in [0, 0.05) is 30.4 Å². The van der Waals surface area contributed by atoms with E-state index < -0.39 is 5.41 Å². The van der Waals surface area contributed by atoms with Crippen LogP contribution >= 0.6 is 0 Å². The molecule has 4 heterocycles. The van der Waals surface area contributed by atoms with Gasteiger partial charge in [0.2, 0.25) is 5.91 Å². The lowest BCUT2D eigenvalue weighted by molar-refractivity contribution is -0.122. The summed E-state index contributed by atoms with van der Waals surface area (Å²) in [4.78, 5) is 18.1. The average molecular weight is 408 g/mol. The zero-order valence-corrected chi connectivity index (χ0v) is 16.9. The molecule has 0 unspecified atom stereocenters. The molecule has 4 aliphatic rings. The van der Waals surface area contributed by atoms with Gasteiger partial charge < -0.3 is 28.7 Å². The minimum absolute atomic E-state index is 0.0158. The highest BCUT2D eigenvalue weighted by atomic mass is 16.6. The normalized spacial score (nSPS) is 27.2. The second kappa shape index (κ2) is 6.62. The fraction of sp³-hybridized carbons (Fsp3) is 0.435. The van der Waals surface area contributed by atoms with Gasteiger partial charge in [-0.1, -0.05) is 18.2 Å². The summed E-state index contributed by atoms with van der Waals surface area (Å²) in [7, 11) is 2.09. The Bertz CT molecular complexity index is 1020. The molecule has 0 aliphatic carbocycles. The van der Waals surface area contributed by atoms with E-state index in [1.54, 1.807) is 0 Å². The standard InChI is InChI=1S/C23H24N2O5/c1-24-6-7-27-15(12-24)13-25-18-5-3-2-4-16(18)23(22(25)26)14-30-19-11-21-20(10-17(19)23)28-8-9-29-21/h2-5,10-11,15H,6-9,12-14H2,1H3/t15-,23-/m0/s1. The van der Waals surface area contributed by atoms with Gasteiger partial charge in [0.05, 0.1) is 19.3 Å². The number of hydrogen-bond acceptors (Lipinski definition) is 6. The third-order valence-electron chi connectivity index (χ3n) is 6.54. The predicted molar refractivity (Wildman–Crippen MR) is 110 cm³/mol. The molecule has 0 N–H and O–H groups in total. The molecular formula is C23H24N2O5. The monoisotopic (exact) mass is 408 g/mol. The summed E-state index contributed by atoms with van der Waals surface area (Å²) < 4.78 is 23.5. The van der Waals surface area contributed by atoms with Crippen LogP contribution in [0.15, 0.2) is 36.4 Å². The van der Waals surface area contributed by atoms with E-state index in [0.717, 1.165) is 29.9 Å². The molecule has 1 spiro atoms. The quantitative estimate of drug-likeness (QED) is 0.756. The Morgan fingerprint density at radius 2 is 1.80 bits per heavy atom. The Balaban J connectivity index is 1.43. The second-order valence-electron chi connectivity index (χ2n) is 8.37. The van der Waals surface area contributed by atoms with Crippen molar-refractivity contribution >= 4 is 11.6 Å². The van der Waals surface area contributed by atoms with Crippen molar-refractivity contribution in [1.29, 1.82) is 0 Å². The zero-order chi connectivity index (χ0) is 20.3. The van der Waals surface area contributed by atoms with E-state index in [9.17, 15) is 4.79 Å². The van der Waals surface area contributed by atoms with Crippen molar-refractivity contribution in [1.82, 2.24) is 4.90 Å². The van der Waals surface area contributed by atoms with E-state index in [1.807, 2.05) is 41.3 Å². The smallest absolute Gasteiger partial charge is 0.245 e. The third-order valence-corrected chi connectivity index (χ3v) is 6.54. The molecule has 30 heavy (non-hydrogen) atoms. The van der Waals surface area contributed by atoms with Gasteiger partial charge in [0.25, 0.3) is 0 Å². The van der Waals surface area contributed by atoms with Crippen LogP contribution in [-0.2, 0) is 14.9 Å². The number of carbonyl (C=O) groups is 1. The first kappa shape index (κ1) is 18.0. The van der Waals surface area contributed by atoms with Crippen molar-refractivity contribution in [3.05, 3.63) is 47.5 Å². The lowest BCUT2D eigenvalue weighted by Gasteiger charge is -2.33. The highest BCUT2D eigenvalue weighted by molar-refractivity contribution is 6.11. The molecule has 0 bridgehead atoms. The maximum atomic E-state index is 14.0. The molecule has 0 saturated carbocycles. The summed E-state index contributed by atoms with van der Waals surface area (Å²) in [5, 5.41) is 0. The van der Waals surface area contributed by atoms with Gasteiger partial charge in [-0.2, -0.15) is 0 Å². The van der Waals surface area contributed by atoms with Crippen molar-refractivity contribution < 1.29 is 23.7 Å². The van der Waals surface area contributed by atoms with Crippen LogP contribution in [-0.4, -0.2) is 70.0 Å². The largest absolute Gasteiger partial charge is 0.491 e. The number of likely N-dealkylation sites (N-methyl/N-ethyl adjacent to an activating group) is 1. The van der Waals surface area contributed by atoms with Crippen molar-refractivity contribution in [2.75, 3.05) is 58.0 Å². The van der Waals surface area contributed by atoms with Gasteiger partial charge >= 0.3 is 0 Å². The molecule has 2 aromatic carbocycles. The lowest BCUT2D eigenvalue weighted by atomic mass is 9.77. The summed E-state index contributed by atoms with van der Waals surface area (Å²) in [6.45, 7) is 4.24. The first-order valence-corrected chi connectivity index (χ1v) is 10.5. The number of benzene rings is 2. The number of nitrogens with zero attached hydrogens (tertiary/aromatic N) is 2. The highest BCUT2D eigenvalue weighted by Crippen LogP contribution is 2.54. The number of anilines is 1. The van der Waals surface area contributed by atoms with Crippen LogP contribution in [0, 0.1) is 0 Å². The molecule has 2 aromatic rings. The van der Waals surface area contributed by atoms with Crippen molar-refractivity contribution in [3.8, 4) is 17.2 Å². The molecule has 1 saturated heterocycles. The fourth-order valence-electron chi connectivity index (χ4n) is 5.07. The molecule has 7 nitrogen and oxygen atoms in total. The van der Waals surface area contributed by atoms with E-state index in [4.69, 9.17) is 18.9 Å². The van der Waals surface area contributed by atoms with Crippen LogP contribution in [0.2, 0.25) is 0 Å². The average Bonchev–Trinajstić information content (AvgIpc) is 3.25. The topological polar surface area (TPSA) is 60.5 Å². The van der Waals surface area contributed by atoms with Crippen LogP contribution in [0.5, 0.6) is 17.2 Å². The maximum absolute atomic E-state index is 14.0.